The van der Waals surface area contributed by atoms with Crippen LogP contribution in [-0.4, -0.2) is 5.78 Å². The number of benzene rings is 2. The van der Waals surface area contributed by atoms with Crippen LogP contribution in [0.25, 0.3) is 0 Å². The van der Waals surface area contributed by atoms with Crippen molar-refractivity contribution in [2.45, 2.75) is 6.92 Å². The van der Waals surface area contributed by atoms with Crippen molar-refractivity contribution in [1.29, 1.82) is 5.26 Å². The van der Waals surface area contributed by atoms with E-state index in [1.54, 1.807) is 42.5 Å². The molecule has 2 rings (SSSR count). The number of Topliss-reactive ketones (excluding diaryl/α,β-unsaturated/α-hetero) is 1. The molecule has 0 aliphatic rings. The molecule has 0 bridgehead atoms. The molecule has 0 heterocycles. The van der Waals surface area contributed by atoms with E-state index in [1.807, 2.05) is 6.07 Å². The van der Waals surface area contributed by atoms with Gasteiger partial charge < -0.3 is 4.74 Å². The number of halogens is 1. The first kappa shape index (κ1) is 13.1. The first-order chi connectivity index (χ1) is 9.10. The molecular formula is C15H10ClNO2. The summed E-state index contributed by atoms with van der Waals surface area (Å²) in [5.41, 5.74) is 1.04. The molecule has 0 aliphatic heterocycles. The Morgan fingerprint density at radius 2 is 2.05 bits per heavy atom. The Morgan fingerprint density at radius 3 is 2.68 bits per heavy atom. The van der Waals surface area contributed by atoms with Crippen molar-refractivity contribution in [1.82, 2.24) is 0 Å². The first-order valence-electron chi connectivity index (χ1n) is 5.58. The maximum atomic E-state index is 11.2. The SMILES string of the molecule is CC(=O)c1ccc(Oc2cccc(C#N)c2)c(Cl)c1. The van der Waals surface area contributed by atoms with E-state index in [4.69, 9.17) is 21.6 Å². The lowest BCUT2D eigenvalue weighted by Gasteiger charge is -2.08. The van der Waals surface area contributed by atoms with Crippen LogP contribution in [0.1, 0.15) is 22.8 Å². The zero-order valence-electron chi connectivity index (χ0n) is 10.2. The Hall–Kier alpha value is -2.31. The summed E-state index contributed by atoms with van der Waals surface area (Å²) in [6.07, 6.45) is 0. The van der Waals surface area contributed by atoms with Gasteiger partial charge in [-0.3, -0.25) is 4.79 Å². The smallest absolute Gasteiger partial charge is 0.159 e. The third kappa shape index (κ3) is 3.12. The number of nitrogens with zero attached hydrogens (tertiary/aromatic N) is 1. The lowest BCUT2D eigenvalue weighted by Crippen LogP contribution is -1.93. The lowest BCUT2D eigenvalue weighted by molar-refractivity contribution is 0.101. The van der Waals surface area contributed by atoms with Gasteiger partial charge in [0, 0.05) is 5.56 Å². The molecule has 0 aromatic heterocycles. The monoisotopic (exact) mass is 271 g/mol. The van der Waals surface area contributed by atoms with Crippen LogP contribution in [0.5, 0.6) is 11.5 Å². The summed E-state index contributed by atoms with van der Waals surface area (Å²) in [6.45, 7) is 1.47. The second-order valence-corrected chi connectivity index (χ2v) is 4.35. The molecule has 0 aliphatic carbocycles. The average molecular weight is 272 g/mol. The van der Waals surface area contributed by atoms with Gasteiger partial charge in [-0.25, -0.2) is 0 Å². The highest BCUT2D eigenvalue weighted by molar-refractivity contribution is 6.32. The highest BCUT2D eigenvalue weighted by Crippen LogP contribution is 2.30. The van der Waals surface area contributed by atoms with Crippen molar-refractivity contribution >= 4 is 17.4 Å². The Bertz CT molecular complexity index is 674. The fraction of sp³-hybridized carbons (Fsp3) is 0.0667. The predicted molar refractivity (Wildman–Crippen MR) is 72.7 cm³/mol. The number of ketones is 1. The van der Waals surface area contributed by atoms with Crippen LogP contribution in [0.4, 0.5) is 0 Å². The van der Waals surface area contributed by atoms with Crippen molar-refractivity contribution in [3.63, 3.8) is 0 Å². The molecule has 0 unspecified atom stereocenters. The molecule has 0 radical (unpaired) electrons. The Labute approximate surface area is 116 Å². The van der Waals surface area contributed by atoms with E-state index in [2.05, 4.69) is 0 Å². The van der Waals surface area contributed by atoms with E-state index in [1.165, 1.54) is 6.92 Å². The maximum Gasteiger partial charge on any atom is 0.159 e. The van der Waals surface area contributed by atoms with Gasteiger partial charge in [-0.15, -0.1) is 0 Å². The third-order valence-electron chi connectivity index (χ3n) is 2.53. The molecule has 0 saturated carbocycles. The molecule has 19 heavy (non-hydrogen) atoms. The molecule has 3 nitrogen and oxygen atoms in total. The Morgan fingerprint density at radius 1 is 1.26 bits per heavy atom. The summed E-state index contributed by atoms with van der Waals surface area (Å²) >= 11 is 6.05. The largest absolute Gasteiger partial charge is 0.456 e. The minimum atomic E-state index is -0.0556. The predicted octanol–water partition coefficient (Wildman–Crippen LogP) is 4.21. The quantitative estimate of drug-likeness (QED) is 0.786. The number of hydrogen-bond acceptors (Lipinski definition) is 3. The van der Waals surface area contributed by atoms with Crippen LogP contribution < -0.4 is 4.74 Å². The summed E-state index contributed by atoms with van der Waals surface area (Å²) < 4.78 is 5.59. The highest BCUT2D eigenvalue weighted by atomic mass is 35.5. The minimum Gasteiger partial charge on any atom is -0.456 e. The van der Waals surface area contributed by atoms with Crippen LogP contribution in [0.15, 0.2) is 42.5 Å². The van der Waals surface area contributed by atoms with Crippen molar-refractivity contribution in [2.75, 3.05) is 0 Å². The number of rotatable bonds is 3. The Kier molecular flexibility index (Phi) is 3.84. The molecule has 0 saturated heterocycles. The molecule has 2 aromatic carbocycles. The summed E-state index contributed by atoms with van der Waals surface area (Å²) in [4.78, 5) is 11.2. The van der Waals surface area contributed by atoms with Crippen LogP contribution in [0.3, 0.4) is 0 Å². The van der Waals surface area contributed by atoms with Crippen molar-refractivity contribution < 1.29 is 9.53 Å². The van der Waals surface area contributed by atoms with Crippen molar-refractivity contribution in [2.24, 2.45) is 0 Å². The summed E-state index contributed by atoms with van der Waals surface area (Å²) in [5, 5.41) is 9.17. The van der Waals surface area contributed by atoms with Crippen LogP contribution in [-0.2, 0) is 0 Å². The third-order valence-corrected chi connectivity index (χ3v) is 2.82. The molecule has 94 valence electrons. The highest BCUT2D eigenvalue weighted by Gasteiger charge is 2.07. The van der Waals surface area contributed by atoms with Gasteiger partial charge in [0.05, 0.1) is 16.7 Å². The number of hydrogen-bond donors (Lipinski definition) is 0. The number of nitriles is 1. The first-order valence-corrected chi connectivity index (χ1v) is 5.96. The molecule has 0 atom stereocenters. The van der Waals surface area contributed by atoms with Gasteiger partial charge in [-0.2, -0.15) is 5.26 Å². The van der Waals surface area contributed by atoms with E-state index in [0.29, 0.717) is 27.6 Å². The zero-order chi connectivity index (χ0) is 13.8. The van der Waals surface area contributed by atoms with Gasteiger partial charge in [0.1, 0.15) is 11.5 Å². The molecule has 4 heteroatoms. The molecule has 0 amide bonds. The molecular weight excluding hydrogens is 262 g/mol. The fourth-order valence-electron chi connectivity index (χ4n) is 1.56. The average Bonchev–Trinajstić information content (AvgIpc) is 2.41. The van der Waals surface area contributed by atoms with E-state index in [0.717, 1.165) is 0 Å². The number of carbonyl (C=O) groups excluding carboxylic acids is 1. The molecule has 0 spiro atoms. The minimum absolute atomic E-state index is 0.0556. The summed E-state index contributed by atoms with van der Waals surface area (Å²) in [7, 11) is 0. The number of carbonyl (C=O) groups is 1. The Balaban J connectivity index is 2.28. The summed E-state index contributed by atoms with van der Waals surface area (Å²) in [6, 6.07) is 13.7. The second-order valence-electron chi connectivity index (χ2n) is 3.94. The van der Waals surface area contributed by atoms with Gasteiger partial charge in [-0.05, 0) is 43.3 Å². The maximum absolute atomic E-state index is 11.2. The van der Waals surface area contributed by atoms with Crippen LogP contribution >= 0.6 is 11.6 Å². The lowest BCUT2D eigenvalue weighted by atomic mass is 10.1. The van der Waals surface area contributed by atoms with E-state index in [-0.39, 0.29) is 5.78 Å². The normalized spacial score (nSPS) is 9.74. The molecule has 2 aromatic rings. The molecule has 0 N–H and O–H groups in total. The van der Waals surface area contributed by atoms with Gasteiger partial charge in [-0.1, -0.05) is 17.7 Å². The van der Waals surface area contributed by atoms with E-state index < -0.39 is 0 Å². The van der Waals surface area contributed by atoms with Gasteiger partial charge in [0.15, 0.2) is 5.78 Å². The van der Waals surface area contributed by atoms with Crippen LogP contribution in [0, 0.1) is 11.3 Å². The van der Waals surface area contributed by atoms with Gasteiger partial charge >= 0.3 is 0 Å². The van der Waals surface area contributed by atoms with Crippen molar-refractivity contribution in [3.8, 4) is 17.6 Å². The summed E-state index contributed by atoms with van der Waals surface area (Å²) in [5.74, 6) is 0.915. The van der Waals surface area contributed by atoms with E-state index >= 15 is 0 Å². The van der Waals surface area contributed by atoms with E-state index in [9.17, 15) is 4.79 Å². The van der Waals surface area contributed by atoms with Crippen molar-refractivity contribution in [3.05, 3.63) is 58.6 Å². The van der Waals surface area contributed by atoms with Gasteiger partial charge in [0.2, 0.25) is 0 Å². The van der Waals surface area contributed by atoms with Gasteiger partial charge in [0.25, 0.3) is 0 Å². The standard InChI is InChI=1S/C15H10ClNO2/c1-10(18)12-5-6-15(14(16)8-12)19-13-4-2-3-11(7-13)9-17/h2-8H,1H3. The number of ether oxygens (including phenoxy) is 1. The zero-order valence-corrected chi connectivity index (χ0v) is 10.9. The topological polar surface area (TPSA) is 50.1 Å². The van der Waals surface area contributed by atoms with Crippen LogP contribution in [0.2, 0.25) is 5.02 Å². The second kappa shape index (κ2) is 5.55. The molecule has 0 fully saturated rings. The fourth-order valence-corrected chi connectivity index (χ4v) is 1.78.